The molecule has 1 aromatic carbocycles. The molecule has 0 saturated carbocycles. The molecule has 0 atom stereocenters. The summed E-state index contributed by atoms with van der Waals surface area (Å²) < 4.78 is 12.9. The summed E-state index contributed by atoms with van der Waals surface area (Å²) in [4.78, 5) is 13.8. The molecule has 0 radical (unpaired) electrons. The number of likely N-dealkylation sites (tertiary alicyclic amines) is 1. The summed E-state index contributed by atoms with van der Waals surface area (Å²) in [6, 6.07) is 6.77. The zero-order chi connectivity index (χ0) is 14.4. The van der Waals surface area contributed by atoms with Gasteiger partial charge in [0.1, 0.15) is 5.82 Å². The molecule has 3 nitrogen and oxygen atoms in total. The molecule has 4 heteroatoms. The molecule has 1 fully saturated rings. The monoisotopic (exact) mass is 276 g/mol. The van der Waals surface area contributed by atoms with Crippen molar-refractivity contribution >= 4 is 5.91 Å². The lowest BCUT2D eigenvalue weighted by molar-refractivity contribution is -0.122. The first-order chi connectivity index (χ1) is 9.69. The van der Waals surface area contributed by atoms with Gasteiger partial charge in [0.15, 0.2) is 0 Å². The van der Waals surface area contributed by atoms with Gasteiger partial charge >= 0.3 is 0 Å². The maximum atomic E-state index is 12.9. The second-order valence-corrected chi connectivity index (χ2v) is 5.19. The van der Waals surface area contributed by atoms with Crippen molar-refractivity contribution in [1.29, 1.82) is 0 Å². The number of halogens is 1. The highest BCUT2D eigenvalue weighted by molar-refractivity contribution is 5.78. The summed E-state index contributed by atoms with van der Waals surface area (Å²) in [7, 11) is 0. The van der Waals surface area contributed by atoms with Crippen LogP contribution in [0.4, 0.5) is 4.39 Å². The second-order valence-electron chi connectivity index (χ2n) is 5.19. The van der Waals surface area contributed by atoms with E-state index in [9.17, 15) is 9.18 Å². The Balaban J connectivity index is 1.78. The number of amides is 1. The highest BCUT2D eigenvalue weighted by atomic mass is 19.1. The molecule has 108 valence electrons. The fourth-order valence-corrected chi connectivity index (χ4v) is 2.60. The summed E-state index contributed by atoms with van der Waals surface area (Å²) in [6.45, 7) is 6.35. The first-order valence-corrected chi connectivity index (χ1v) is 7.04. The van der Waals surface area contributed by atoms with Crippen LogP contribution in [0.1, 0.15) is 24.3 Å². The standard InChI is InChI=1S/C16H21FN2O/c1-2-9-18-16(20)12-19-10-7-14(8-11-19)13-3-5-15(17)6-4-13/h2-6,14H,1,7-12H2,(H,18,20). The van der Waals surface area contributed by atoms with Crippen LogP contribution in [0.5, 0.6) is 0 Å². The van der Waals surface area contributed by atoms with Crippen molar-refractivity contribution in [3.05, 3.63) is 48.3 Å². The van der Waals surface area contributed by atoms with Gasteiger partial charge in [0, 0.05) is 6.54 Å². The average Bonchev–Trinajstić information content (AvgIpc) is 2.47. The van der Waals surface area contributed by atoms with Crippen LogP contribution in [0.25, 0.3) is 0 Å². The van der Waals surface area contributed by atoms with E-state index in [1.807, 2.05) is 12.1 Å². The second kappa shape index (κ2) is 7.20. The maximum absolute atomic E-state index is 12.9. The van der Waals surface area contributed by atoms with Crippen molar-refractivity contribution in [3.8, 4) is 0 Å². The number of carbonyl (C=O) groups excluding carboxylic acids is 1. The first-order valence-electron chi connectivity index (χ1n) is 7.04. The van der Waals surface area contributed by atoms with E-state index in [2.05, 4.69) is 16.8 Å². The van der Waals surface area contributed by atoms with Gasteiger partial charge in [0.05, 0.1) is 6.54 Å². The summed E-state index contributed by atoms with van der Waals surface area (Å²) in [5, 5.41) is 2.79. The summed E-state index contributed by atoms with van der Waals surface area (Å²) in [5.74, 6) is 0.332. The number of hydrogen-bond acceptors (Lipinski definition) is 2. The maximum Gasteiger partial charge on any atom is 0.234 e. The van der Waals surface area contributed by atoms with E-state index in [4.69, 9.17) is 0 Å². The Hall–Kier alpha value is -1.68. The highest BCUT2D eigenvalue weighted by Gasteiger charge is 2.21. The fourth-order valence-electron chi connectivity index (χ4n) is 2.60. The minimum absolute atomic E-state index is 0.0464. The Morgan fingerprint density at radius 1 is 1.35 bits per heavy atom. The predicted octanol–water partition coefficient (Wildman–Crippen LogP) is 2.31. The van der Waals surface area contributed by atoms with Gasteiger partial charge in [0.2, 0.25) is 5.91 Å². The van der Waals surface area contributed by atoms with Crippen molar-refractivity contribution in [1.82, 2.24) is 10.2 Å². The molecule has 0 bridgehead atoms. The van der Waals surface area contributed by atoms with Gasteiger partial charge < -0.3 is 5.32 Å². The van der Waals surface area contributed by atoms with E-state index < -0.39 is 0 Å². The lowest BCUT2D eigenvalue weighted by atomic mass is 9.89. The number of hydrogen-bond donors (Lipinski definition) is 1. The minimum atomic E-state index is -0.190. The minimum Gasteiger partial charge on any atom is -0.352 e. The third-order valence-corrected chi connectivity index (χ3v) is 3.74. The molecule has 20 heavy (non-hydrogen) atoms. The number of piperidine rings is 1. The number of carbonyl (C=O) groups is 1. The van der Waals surface area contributed by atoms with Gasteiger partial charge in [-0.1, -0.05) is 18.2 Å². The van der Waals surface area contributed by atoms with Crippen LogP contribution in [0.15, 0.2) is 36.9 Å². The SMILES string of the molecule is C=CCNC(=O)CN1CCC(c2ccc(F)cc2)CC1. The van der Waals surface area contributed by atoms with E-state index in [0.717, 1.165) is 25.9 Å². The van der Waals surface area contributed by atoms with Gasteiger partial charge in [-0.25, -0.2) is 4.39 Å². The number of nitrogens with zero attached hydrogens (tertiary/aromatic N) is 1. The number of nitrogens with one attached hydrogen (secondary N) is 1. The molecule has 0 unspecified atom stereocenters. The van der Waals surface area contributed by atoms with E-state index in [0.29, 0.717) is 19.0 Å². The number of rotatable bonds is 5. The normalized spacial score (nSPS) is 16.9. The Labute approximate surface area is 119 Å². The highest BCUT2D eigenvalue weighted by Crippen LogP contribution is 2.27. The summed E-state index contributed by atoms with van der Waals surface area (Å²) >= 11 is 0. The molecule has 1 aliphatic heterocycles. The predicted molar refractivity (Wildman–Crippen MR) is 78.0 cm³/mol. The van der Waals surface area contributed by atoms with Gasteiger partial charge in [-0.05, 0) is 49.5 Å². The summed E-state index contributed by atoms with van der Waals surface area (Å²) in [5.41, 5.74) is 1.20. The van der Waals surface area contributed by atoms with E-state index in [-0.39, 0.29) is 11.7 Å². The molecular formula is C16H21FN2O. The molecule has 1 aromatic rings. The van der Waals surface area contributed by atoms with Crippen molar-refractivity contribution in [2.45, 2.75) is 18.8 Å². The van der Waals surface area contributed by atoms with Crippen LogP contribution in [0.3, 0.4) is 0 Å². The average molecular weight is 276 g/mol. The van der Waals surface area contributed by atoms with Crippen molar-refractivity contribution in [2.75, 3.05) is 26.2 Å². The molecule has 0 spiro atoms. The third-order valence-electron chi connectivity index (χ3n) is 3.74. The van der Waals surface area contributed by atoms with Gasteiger partial charge in [-0.2, -0.15) is 0 Å². The topological polar surface area (TPSA) is 32.3 Å². The van der Waals surface area contributed by atoms with E-state index >= 15 is 0 Å². The van der Waals surface area contributed by atoms with Crippen LogP contribution in [0, 0.1) is 5.82 Å². The van der Waals surface area contributed by atoms with Gasteiger partial charge in [0.25, 0.3) is 0 Å². The lowest BCUT2D eigenvalue weighted by Crippen LogP contribution is -2.41. The summed E-state index contributed by atoms with van der Waals surface area (Å²) in [6.07, 6.45) is 3.71. The van der Waals surface area contributed by atoms with Gasteiger partial charge in [-0.3, -0.25) is 9.69 Å². The molecular weight excluding hydrogens is 255 g/mol. The third kappa shape index (κ3) is 4.17. The zero-order valence-electron chi connectivity index (χ0n) is 11.6. The van der Waals surface area contributed by atoms with Crippen LogP contribution >= 0.6 is 0 Å². The Morgan fingerprint density at radius 3 is 2.60 bits per heavy atom. The lowest BCUT2D eigenvalue weighted by Gasteiger charge is -2.31. The molecule has 1 amide bonds. The first kappa shape index (κ1) is 14.7. The van der Waals surface area contributed by atoms with Crippen molar-refractivity contribution < 1.29 is 9.18 Å². The van der Waals surface area contributed by atoms with E-state index in [1.54, 1.807) is 6.08 Å². The molecule has 0 aromatic heterocycles. The Kier molecular flexibility index (Phi) is 5.30. The van der Waals surface area contributed by atoms with Crippen LogP contribution < -0.4 is 5.32 Å². The molecule has 1 aliphatic rings. The molecule has 1 saturated heterocycles. The molecule has 0 aliphatic carbocycles. The number of benzene rings is 1. The molecule has 1 heterocycles. The van der Waals surface area contributed by atoms with Gasteiger partial charge in [-0.15, -0.1) is 6.58 Å². The largest absolute Gasteiger partial charge is 0.352 e. The van der Waals surface area contributed by atoms with Crippen LogP contribution in [0.2, 0.25) is 0 Å². The van der Waals surface area contributed by atoms with Crippen LogP contribution in [-0.4, -0.2) is 37.0 Å². The molecule has 1 N–H and O–H groups in total. The smallest absolute Gasteiger partial charge is 0.234 e. The van der Waals surface area contributed by atoms with E-state index in [1.165, 1.54) is 17.7 Å². The van der Waals surface area contributed by atoms with Crippen molar-refractivity contribution in [2.24, 2.45) is 0 Å². The quantitative estimate of drug-likeness (QED) is 0.837. The fraction of sp³-hybridized carbons (Fsp3) is 0.438. The zero-order valence-corrected chi connectivity index (χ0v) is 11.6. The Morgan fingerprint density at radius 2 is 2.00 bits per heavy atom. The Bertz CT molecular complexity index is 450. The van der Waals surface area contributed by atoms with Crippen molar-refractivity contribution in [3.63, 3.8) is 0 Å². The molecule has 2 rings (SSSR count). The van der Waals surface area contributed by atoms with Crippen LogP contribution in [-0.2, 0) is 4.79 Å².